The molecule has 0 aliphatic rings. The standard InChI is InChI=1S/C13H14FNO2/c1-5-9-8-10(6-7-11(9)14)15-12(16)17-13(2,3)4/h1,6-8H,2-4H3,(H,15,16). The molecule has 0 aliphatic carbocycles. The van der Waals surface area contributed by atoms with E-state index in [-0.39, 0.29) is 5.56 Å². The van der Waals surface area contributed by atoms with Crippen molar-refractivity contribution >= 4 is 11.8 Å². The molecule has 0 aromatic heterocycles. The number of hydrogen-bond donors (Lipinski definition) is 1. The molecule has 0 saturated carbocycles. The molecule has 17 heavy (non-hydrogen) atoms. The van der Waals surface area contributed by atoms with E-state index in [0.717, 1.165) is 0 Å². The lowest BCUT2D eigenvalue weighted by molar-refractivity contribution is 0.0636. The zero-order chi connectivity index (χ0) is 13.1. The number of anilines is 1. The molecule has 90 valence electrons. The molecule has 1 amide bonds. The number of nitrogens with one attached hydrogen (secondary N) is 1. The average Bonchev–Trinajstić information content (AvgIpc) is 2.18. The minimum atomic E-state index is -0.605. The molecule has 1 aromatic carbocycles. The predicted molar refractivity (Wildman–Crippen MR) is 64.2 cm³/mol. The van der Waals surface area contributed by atoms with Gasteiger partial charge in [-0.2, -0.15) is 0 Å². The highest BCUT2D eigenvalue weighted by molar-refractivity contribution is 5.85. The van der Waals surface area contributed by atoms with Crippen molar-refractivity contribution in [3.8, 4) is 12.3 Å². The van der Waals surface area contributed by atoms with E-state index in [4.69, 9.17) is 11.2 Å². The molecule has 0 unspecified atom stereocenters. The monoisotopic (exact) mass is 235 g/mol. The molecule has 4 heteroatoms. The van der Waals surface area contributed by atoms with Gasteiger partial charge in [-0.25, -0.2) is 9.18 Å². The van der Waals surface area contributed by atoms with Crippen LogP contribution in [-0.2, 0) is 4.74 Å². The molecule has 0 atom stereocenters. The van der Waals surface area contributed by atoms with Crippen LogP contribution in [0.1, 0.15) is 26.3 Å². The number of carbonyl (C=O) groups is 1. The molecule has 0 saturated heterocycles. The smallest absolute Gasteiger partial charge is 0.412 e. The van der Waals surface area contributed by atoms with Crippen LogP contribution in [0.3, 0.4) is 0 Å². The Hall–Kier alpha value is -2.02. The summed E-state index contributed by atoms with van der Waals surface area (Å²) >= 11 is 0. The molecule has 0 heterocycles. The molecular formula is C13H14FNO2. The first-order valence-electron chi connectivity index (χ1n) is 5.08. The quantitative estimate of drug-likeness (QED) is 0.759. The molecule has 0 spiro atoms. The van der Waals surface area contributed by atoms with Gasteiger partial charge < -0.3 is 4.74 Å². The van der Waals surface area contributed by atoms with E-state index < -0.39 is 17.5 Å². The second-order valence-corrected chi connectivity index (χ2v) is 4.47. The van der Waals surface area contributed by atoms with Crippen molar-refractivity contribution in [3.05, 3.63) is 29.6 Å². The normalized spacial score (nSPS) is 10.5. The van der Waals surface area contributed by atoms with Gasteiger partial charge in [0, 0.05) is 5.69 Å². The second kappa shape index (κ2) is 4.88. The summed E-state index contributed by atoms with van der Waals surface area (Å²) in [4.78, 5) is 11.4. The van der Waals surface area contributed by atoms with Crippen LogP contribution in [0.25, 0.3) is 0 Å². The maximum atomic E-state index is 13.1. The second-order valence-electron chi connectivity index (χ2n) is 4.47. The van der Waals surface area contributed by atoms with Gasteiger partial charge in [0.05, 0.1) is 5.56 Å². The lowest BCUT2D eigenvalue weighted by Gasteiger charge is -2.19. The number of benzene rings is 1. The molecule has 1 N–H and O–H groups in total. The van der Waals surface area contributed by atoms with Gasteiger partial charge in [0.2, 0.25) is 0 Å². The van der Waals surface area contributed by atoms with E-state index in [1.807, 2.05) is 0 Å². The van der Waals surface area contributed by atoms with Crippen molar-refractivity contribution in [1.82, 2.24) is 0 Å². The van der Waals surface area contributed by atoms with E-state index in [9.17, 15) is 9.18 Å². The Morgan fingerprint density at radius 3 is 2.65 bits per heavy atom. The van der Waals surface area contributed by atoms with Crippen molar-refractivity contribution in [2.24, 2.45) is 0 Å². The third-order valence-electron chi connectivity index (χ3n) is 1.77. The van der Waals surface area contributed by atoms with Crippen LogP contribution in [0.15, 0.2) is 18.2 Å². The van der Waals surface area contributed by atoms with Crippen LogP contribution in [0.2, 0.25) is 0 Å². The first-order chi connectivity index (χ1) is 7.81. The summed E-state index contributed by atoms with van der Waals surface area (Å²) in [5.74, 6) is 1.69. The Morgan fingerprint density at radius 2 is 2.12 bits per heavy atom. The van der Waals surface area contributed by atoms with Crippen LogP contribution in [-0.4, -0.2) is 11.7 Å². The summed E-state index contributed by atoms with van der Waals surface area (Å²) in [7, 11) is 0. The number of hydrogen-bond acceptors (Lipinski definition) is 2. The summed E-state index contributed by atoms with van der Waals surface area (Å²) in [5.41, 5.74) is -0.0915. The number of ether oxygens (including phenoxy) is 1. The average molecular weight is 235 g/mol. The number of amides is 1. The van der Waals surface area contributed by atoms with Crippen molar-refractivity contribution in [2.75, 3.05) is 5.32 Å². The minimum Gasteiger partial charge on any atom is -0.444 e. The third-order valence-corrected chi connectivity index (χ3v) is 1.77. The van der Waals surface area contributed by atoms with Gasteiger partial charge in [0.25, 0.3) is 0 Å². The van der Waals surface area contributed by atoms with Gasteiger partial charge >= 0.3 is 6.09 Å². The van der Waals surface area contributed by atoms with Crippen LogP contribution >= 0.6 is 0 Å². The largest absolute Gasteiger partial charge is 0.444 e. The molecule has 0 aliphatic heterocycles. The Kier molecular flexibility index (Phi) is 3.74. The maximum Gasteiger partial charge on any atom is 0.412 e. The van der Waals surface area contributed by atoms with Gasteiger partial charge in [-0.3, -0.25) is 5.32 Å². The van der Waals surface area contributed by atoms with Gasteiger partial charge in [0.15, 0.2) is 0 Å². The van der Waals surface area contributed by atoms with Crippen LogP contribution in [0.4, 0.5) is 14.9 Å². The van der Waals surface area contributed by atoms with E-state index >= 15 is 0 Å². The SMILES string of the molecule is C#Cc1cc(NC(=O)OC(C)(C)C)ccc1F. The fraction of sp³-hybridized carbons (Fsp3) is 0.308. The van der Waals surface area contributed by atoms with Crippen molar-refractivity contribution in [1.29, 1.82) is 0 Å². The topological polar surface area (TPSA) is 38.3 Å². The first kappa shape index (κ1) is 13.0. The fourth-order valence-electron chi connectivity index (χ4n) is 1.14. The van der Waals surface area contributed by atoms with Crippen molar-refractivity contribution < 1.29 is 13.9 Å². The number of carbonyl (C=O) groups excluding carboxylic acids is 1. The van der Waals surface area contributed by atoms with Crippen LogP contribution < -0.4 is 5.32 Å². The van der Waals surface area contributed by atoms with Crippen molar-refractivity contribution in [2.45, 2.75) is 26.4 Å². The first-order valence-corrected chi connectivity index (χ1v) is 5.08. The Morgan fingerprint density at radius 1 is 1.47 bits per heavy atom. The predicted octanol–water partition coefficient (Wildman–Crippen LogP) is 3.15. The summed E-state index contributed by atoms with van der Waals surface area (Å²) in [6, 6.07) is 3.99. The zero-order valence-electron chi connectivity index (χ0n) is 10.0. The highest BCUT2D eigenvalue weighted by Crippen LogP contribution is 2.15. The summed E-state index contributed by atoms with van der Waals surface area (Å²) in [6.07, 6.45) is 4.51. The highest BCUT2D eigenvalue weighted by Gasteiger charge is 2.16. The Bertz CT molecular complexity index is 469. The van der Waals surface area contributed by atoms with Crippen molar-refractivity contribution in [3.63, 3.8) is 0 Å². The lowest BCUT2D eigenvalue weighted by Crippen LogP contribution is -2.27. The van der Waals surface area contributed by atoms with Gasteiger partial charge in [-0.1, -0.05) is 5.92 Å². The third kappa shape index (κ3) is 4.15. The molecule has 1 aromatic rings. The molecule has 0 radical (unpaired) electrons. The van der Waals surface area contributed by atoms with E-state index in [0.29, 0.717) is 5.69 Å². The number of terminal acetylenes is 1. The molecule has 0 fully saturated rings. The van der Waals surface area contributed by atoms with Crippen LogP contribution in [0, 0.1) is 18.2 Å². The summed E-state index contributed by atoms with van der Waals surface area (Å²) in [5, 5.41) is 2.48. The summed E-state index contributed by atoms with van der Waals surface area (Å²) in [6.45, 7) is 5.26. The fourth-order valence-corrected chi connectivity index (χ4v) is 1.14. The van der Waals surface area contributed by atoms with E-state index in [1.165, 1.54) is 18.2 Å². The van der Waals surface area contributed by atoms with E-state index in [2.05, 4.69) is 11.2 Å². The maximum absolute atomic E-state index is 13.1. The van der Waals surface area contributed by atoms with E-state index in [1.54, 1.807) is 20.8 Å². The lowest BCUT2D eigenvalue weighted by atomic mass is 10.2. The Balaban J connectivity index is 2.77. The number of rotatable bonds is 1. The Labute approximate surface area is 100.0 Å². The molecule has 1 rings (SSSR count). The van der Waals surface area contributed by atoms with Gasteiger partial charge in [0.1, 0.15) is 11.4 Å². The number of halogens is 1. The summed E-state index contributed by atoms with van der Waals surface area (Å²) < 4.78 is 18.1. The zero-order valence-corrected chi connectivity index (χ0v) is 10.0. The van der Waals surface area contributed by atoms with Gasteiger partial charge in [-0.15, -0.1) is 6.42 Å². The molecule has 3 nitrogen and oxygen atoms in total. The minimum absolute atomic E-state index is 0.0959. The highest BCUT2D eigenvalue weighted by atomic mass is 19.1. The van der Waals surface area contributed by atoms with Gasteiger partial charge in [-0.05, 0) is 39.0 Å². The van der Waals surface area contributed by atoms with Crippen LogP contribution in [0.5, 0.6) is 0 Å². The molecular weight excluding hydrogens is 221 g/mol. The molecule has 0 bridgehead atoms.